The lowest BCUT2D eigenvalue weighted by Gasteiger charge is -2.12. The van der Waals surface area contributed by atoms with Gasteiger partial charge < -0.3 is 4.98 Å². The molecule has 8 heteroatoms. The van der Waals surface area contributed by atoms with E-state index in [1.807, 2.05) is 0 Å². The van der Waals surface area contributed by atoms with Crippen molar-refractivity contribution >= 4 is 10.2 Å². The summed E-state index contributed by atoms with van der Waals surface area (Å²) in [4.78, 5) is 9.60. The molecule has 2 rings (SSSR count). The van der Waals surface area contributed by atoms with Crippen molar-refractivity contribution in [2.75, 3.05) is 14.1 Å². The Bertz CT molecular complexity index is 748. The van der Waals surface area contributed by atoms with Crippen molar-refractivity contribution in [3.05, 3.63) is 36.4 Å². The lowest BCUT2D eigenvalue weighted by molar-refractivity contribution is 0.509. The number of aryl methyl sites for hydroxylation is 2. The Morgan fingerprint density at radius 3 is 2.56 bits per heavy atom. The number of rotatable bonds is 2. The van der Waals surface area contributed by atoms with Gasteiger partial charge in [-0.1, -0.05) is 0 Å². The molecule has 0 aliphatic rings. The first-order valence-corrected chi connectivity index (χ1v) is 6.14. The summed E-state index contributed by atoms with van der Waals surface area (Å²) in [5, 5.41) is 0. The third-order valence-electron chi connectivity index (χ3n) is 1.82. The first-order valence-electron chi connectivity index (χ1n) is 7.74. The molecule has 18 heavy (non-hydrogen) atoms. The Morgan fingerprint density at radius 1 is 1.33 bits per heavy atom. The second-order valence-corrected chi connectivity index (χ2v) is 5.29. The van der Waals surface area contributed by atoms with Crippen LogP contribution < -0.4 is 0 Å². The van der Waals surface area contributed by atoms with E-state index < -0.39 is 29.7 Å². The molecule has 0 aliphatic heterocycles. The van der Waals surface area contributed by atoms with Gasteiger partial charge in [0.1, 0.15) is 11.6 Å². The Hall–Kier alpha value is -1.67. The highest BCUT2D eigenvalue weighted by atomic mass is 32.2. The second-order valence-electron chi connectivity index (χ2n) is 3.27. The normalized spacial score (nSPS) is 17.5. The van der Waals surface area contributed by atoms with Crippen LogP contribution in [0.2, 0.25) is 0 Å². The largest absolute Gasteiger partial charge is 0.349 e. The Morgan fingerprint density at radius 2 is 2.11 bits per heavy atom. The minimum Gasteiger partial charge on any atom is -0.349 e. The molecule has 2 aromatic rings. The van der Waals surface area contributed by atoms with Crippen LogP contribution in [0.15, 0.2) is 24.8 Å². The molecule has 0 unspecified atom stereocenters. The lowest BCUT2D eigenvalue weighted by Crippen LogP contribution is -2.29. The van der Waals surface area contributed by atoms with Gasteiger partial charge in [-0.05, 0) is 13.7 Å². The van der Waals surface area contributed by atoms with Crippen LogP contribution in [0.1, 0.15) is 19.9 Å². The molecule has 0 radical (unpaired) electrons. The van der Waals surface area contributed by atoms with Crippen LogP contribution in [0.5, 0.6) is 0 Å². The van der Waals surface area contributed by atoms with Crippen molar-refractivity contribution in [1.29, 1.82) is 0 Å². The SMILES string of the molecule is [2H]C([2H])([2H])c1ncc[nH]1.[2H]C([2H])([2H])c1nccn1S(=O)(=O)N(C)C. The van der Waals surface area contributed by atoms with Crippen molar-refractivity contribution in [3.8, 4) is 0 Å². The van der Waals surface area contributed by atoms with E-state index in [9.17, 15) is 8.42 Å². The molecular formula is C10H17N5O2S. The second kappa shape index (κ2) is 5.78. The van der Waals surface area contributed by atoms with Gasteiger partial charge in [0.25, 0.3) is 0 Å². The minimum atomic E-state index is -3.82. The summed E-state index contributed by atoms with van der Waals surface area (Å²) in [5.41, 5.74) is 0. The zero-order chi connectivity index (χ0) is 18.8. The fourth-order valence-electron chi connectivity index (χ4n) is 0.919. The number of H-pyrrole nitrogens is 1. The average Bonchev–Trinajstić information content (AvgIpc) is 3.09. The van der Waals surface area contributed by atoms with Crippen LogP contribution in [0.4, 0.5) is 0 Å². The van der Waals surface area contributed by atoms with Gasteiger partial charge in [0.15, 0.2) is 0 Å². The van der Waals surface area contributed by atoms with Gasteiger partial charge in [-0.25, -0.2) is 13.9 Å². The van der Waals surface area contributed by atoms with Gasteiger partial charge in [0.2, 0.25) is 0 Å². The van der Waals surface area contributed by atoms with Crippen molar-refractivity contribution in [2.45, 2.75) is 13.7 Å². The van der Waals surface area contributed by atoms with Crippen molar-refractivity contribution < 1.29 is 16.6 Å². The molecule has 0 fully saturated rings. The molecule has 0 saturated heterocycles. The van der Waals surface area contributed by atoms with E-state index in [0.29, 0.717) is 3.97 Å². The van der Waals surface area contributed by atoms with Crippen LogP contribution >= 0.6 is 0 Å². The highest BCUT2D eigenvalue weighted by molar-refractivity contribution is 7.87. The van der Waals surface area contributed by atoms with E-state index in [-0.39, 0.29) is 5.82 Å². The average molecular weight is 277 g/mol. The number of aromatic amines is 1. The number of nitrogens with one attached hydrogen (secondary N) is 1. The minimum absolute atomic E-state index is 0.0440. The van der Waals surface area contributed by atoms with Gasteiger partial charge in [-0.2, -0.15) is 12.7 Å². The molecule has 0 saturated carbocycles. The van der Waals surface area contributed by atoms with Crippen LogP contribution in [0, 0.1) is 13.7 Å². The molecule has 2 aromatic heterocycles. The summed E-state index contributed by atoms with van der Waals surface area (Å²) in [6.07, 6.45) is 5.16. The first-order chi connectivity index (χ1) is 10.8. The molecule has 0 spiro atoms. The number of nitrogens with zero attached hydrogens (tertiary/aromatic N) is 4. The van der Waals surface area contributed by atoms with Gasteiger partial charge in [-0.3, -0.25) is 0 Å². The van der Waals surface area contributed by atoms with Crippen LogP contribution in [0.25, 0.3) is 0 Å². The molecule has 0 aliphatic carbocycles. The fraction of sp³-hybridized carbons (Fsp3) is 0.400. The fourth-order valence-corrected chi connectivity index (χ4v) is 1.75. The molecule has 7 nitrogen and oxygen atoms in total. The summed E-state index contributed by atoms with van der Waals surface area (Å²) >= 11 is 0. The third kappa shape index (κ3) is 3.41. The Balaban J connectivity index is 0.000000272. The van der Waals surface area contributed by atoms with E-state index in [4.69, 9.17) is 8.22 Å². The predicted octanol–water partition coefficient (Wildman–Crippen LogP) is 0.564. The van der Waals surface area contributed by atoms with Gasteiger partial charge in [-0.15, -0.1) is 0 Å². The molecule has 0 amide bonds. The van der Waals surface area contributed by atoms with Gasteiger partial charge >= 0.3 is 10.2 Å². The maximum atomic E-state index is 11.7. The molecule has 2 heterocycles. The Kier molecular flexibility index (Phi) is 2.47. The molecule has 0 bridgehead atoms. The summed E-state index contributed by atoms with van der Waals surface area (Å²) in [6.45, 7) is -4.64. The van der Waals surface area contributed by atoms with Crippen LogP contribution in [-0.4, -0.2) is 45.7 Å². The molecule has 1 N–H and O–H groups in total. The van der Waals surface area contributed by atoms with Crippen LogP contribution in [0.3, 0.4) is 0 Å². The summed E-state index contributed by atoms with van der Waals surface area (Å²) in [6, 6.07) is 0. The highest BCUT2D eigenvalue weighted by Gasteiger charge is 2.17. The topological polar surface area (TPSA) is 83.9 Å². The maximum Gasteiger partial charge on any atom is 0.308 e. The smallest absolute Gasteiger partial charge is 0.308 e. The van der Waals surface area contributed by atoms with E-state index in [1.165, 1.54) is 26.5 Å². The van der Waals surface area contributed by atoms with Crippen molar-refractivity contribution in [2.24, 2.45) is 0 Å². The van der Waals surface area contributed by atoms with E-state index in [2.05, 4.69) is 15.0 Å². The monoisotopic (exact) mass is 277 g/mol. The molecular weight excluding hydrogens is 254 g/mol. The maximum absolute atomic E-state index is 11.7. The Labute approximate surface area is 115 Å². The first kappa shape index (κ1) is 7.70. The van der Waals surface area contributed by atoms with Gasteiger partial charge in [0, 0.05) is 47.1 Å². The van der Waals surface area contributed by atoms with E-state index >= 15 is 0 Å². The zero-order valence-electron chi connectivity index (χ0n) is 15.8. The van der Waals surface area contributed by atoms with E-state index in [0.717, 1.165) is 16.7 Å². The number of aromatic nitrogens is 4. The summed E-state index contributed by atoms with van der Waals surface area (Å²) in [5.74, 6) is -0.418. The number of hydrogen-bond acceptors (Lipinski definition) is 4. The zero-order valence-corrected chi connectivity index (χ0v) is 10.6. The van der Waals surface area contributed by atoms with E-state index in [1.54, 1.807) is 0 Å². The molecule has 0 aromatic carbocycles. The van der Waals surface area contributed by atoms with Crippen LogP contribution in [-0.2, 0) is 10.2 Å². The third-order valence-corrected chi connectivity index (χ3v) is 3.53. The summed E-state index contributed by atoms with van der Waals surface area (Å²) in [7, 11) is -1.18. The van der Waals surface area contributed by atoms with Crippen molar-refractivity contribution in [1.82, 2.24) is 23.2 Å². The quantitative estimate of drug-likeness (QED) is 0.869. The molecule has 0 atom stereocenters. The predicted molar refractivity (Wildman–Crippen MR) is 68.3 cm³/mol. The molecule has 100 valence electrons. The lowest BCUT2D eigenvalue weighted by atomic mass is 10.8. The highest BCUT2D eigenvalue weighted by Crippen LogP contribution is 2.03. The van der Waals surface area contributed by atoms with Crippen molar-refractivity contribution in [3.63, 3.8) is 0 Å². The standard InChI is InChI=1S/C6H11N3O2S.C4H6N2/c1-6-7-4-5-9(6)12(10,11)8(2)3;1-4-5-2-3-6-4/h4-5H,1-3H3;2-3H,1H3,(H,5,6)/i2*1D3. The van der Waals surface area contributed by atoms with Gasteiger partial charge in [0.05, 0.1) is 0 Å². The number of hydrogen-bond donors (Lipinski definition) is 1. The summed E-state index contributed by atoms with van der Waals surface area (Å²) < 4.78 is 66.7. The number of imidazole rings is 2.